The van der Waals surface area contributed by atoms with Gasteiger partial charge in [-0.25, -0.2) is 18.6 Å². The van der Waals surface area contributed by atoms with E-state index in [1.165, 1.54) is 17.4 Å². The molecule has 7 heteroatoms. The molecule has 0 saturated heterocycles. The predicted molar refractivity (Wildman–Crippen MR) is 86.6 cm³/mol. The van der Waals surface area contributed by atoms with Gasteiger partial charge in [-0.3, -0.25) is 0 Å². The fraction of sp³-hybridized carbons (Fsp3) is 0.412. The number of benzene rings is 1. The minimum atomic E-state index is -0.604. The van der Waals surface area contributed by atoms with E-state index in [9.17, 15) is 13.6 Å². The third kappa shape index (κ3) is 3.00. The van der Waals surface area contributed by atoms with Gasteiger partial charge < -0.3 is 10.2 Å². The van der Waals surface area contributed by atoms with Crippen molar-refractivity contribution in [1.29, 1.82) is 0 Å². The van der Waals surface area contributed by atoms with Crippen molar-refractivity contribution in [2.75, 3.05) is 6.54 Å². The van der Waals surface area contributed by atoms with Crippen molar-refractivity contribution in [2.24, 2.45) is 5.92 Å². The maximum Gasteiger partial charge on any atom is 0.318 e. The monoisotopic (exact) mass is 349 g/mol. The van der Waals surface area contributed by atoms with Crippen LogP contribution in [-0.4, -0.2) is 22.5 Å². The number of rotatable bonds is 3. The largest absolute Gasteiger partial charge is 0.328 e. The summed E-state index contributed by atoms with van der Waals surface area (Å²) in [7, 11) is 0. The Bertz CT molecular complexity index is 761. The molecule has 0 unspecified atom stereocenters. The van der Waals surface area contributed by atoms with Gasteiger partial charge in [0.05, 0.1) is 6.04 Å². The van der Waals surface area contributed by atoms with Crippen LogP contribution in [0, 0.1) is 17.6 Å². The highest BCUT2D eigenvalue weighted by molar-refractivity contribution is 7.09. The number of thiazole rings is 1. The molecule has 126 valence electrons. The molecule has 0 radical (unpaired) electrons. The molecular weight excluding hydrogens is 332 g/mol. The molecule has 4 rings (SSSR count). The quantitative estimate of drug-likeness (QED) is 0.919. The first-order valence-corrected chi connectivity index (χ1v) is 8.91. The van der Waals surface area contributed by atoms with Crippen LogP contribution in [0.5, 0.6) is 0 Å². The molecule has 1 aromatic heterocycles. The normalized spacial score (nSPS) is 18.2. The van der Waals surface area contributed by atoms with E-state index in [0.29, 0.717) is 30.0 Å². The molecule has 1 aliphatic carbocycles. The average molecular weight is 349 g/mol. The van der Waals surface area contributed by atoms with E-state index >= 15 is 0 Å². The number of hydrogen-bond donors (Lipinski definition) is 1. The van der Waals surface area contributed by atoms with Crippen LogP contribution in [0.2, 0.25) is 0 Å². The summed E-state index contributed by atoms with van der Waals surface area (Å²) in [5, 5.41) is 5.88. The predicted octanol–water partition coefficient (Wildman–Crippen LogP) is 3.64. The van der Waals surface area contributed by atoms with Crippen molar-refractivity contribution in [3.8, 4) is 0 Å². The Morgan fingerprint density at radius 2 is 2.21 bits per heavy atom. The van der Waals surface area contributed by atoms with Gasteiger partial charge in [-0.2, -0.15) is 0 Å². The number of carbonyl (C=O) groups excluding carboxylic acids is 1. The zero-order valence-corrected chi connectivity index (χ0v) is 13.8. The van der Waals surface area contributed by atoms with Gasteiger partial charge in [-0.05, 0) is 42.4 Å². The standard InChI is InChI=1S/C17H17F2N3OS/c18-12-7-11-9-22(5-3-13(11)14(19)8-12)17(23)21-15(10-1-2-10)16-20-4-6-24-16/h4,6-8,10,15H,1-3,5,9H2,(H,21,23)/t15-/m1/s1. The van der Waals surface area contributed by atoms with Crippen LogP contribution >= 0.6 is 11.3 Å². The number of nitrogens with one attached hydrogen (secondary N) is 1. The second kappa shape index (κ2) is 6.12. The lowest BCUT2D eigenvalue weighted by molar-refractivity contribution is 0.186. The number of fused-ring (bicyclic) bond motifs is 1. The fourth-order valence-electron chi connectivity index (χ4n) is 3.21. The summed E-state index contributed by atoms with van der Waals surface area (Å²) in [6.45, 7) is 0.655. The molecule has 1 saturated carbocycles. The molecule has 2 heterocycles. The lowest BCUT2D eigenvalue weighted by Crippen LogP contribution is -2.44. The van der Waals surface area contributed by atoms with Crippen LogP contribution in [0.3, 0.4) is 0 Å². The van der Waals surface area contributed by atoms with Gasteiger partial charge in [-0.1, -0.05) is 0 Å². The molecule has 4 nitrogen and oxygen atoms in total. The number of halogens is 2. The molecule has 0 bridgehead atoms. The number of hydrogen-bond acceptors (Lipinski definition) is 3. The Kier molecular flexibility index (Phi) is 3.96. The summed E-state index contributed by atoms with van der Waals surface area (Å²) in [5.74, 6) is -0.692. The summed E-state index contributed by atoms with van der Waals surface area (Å²) in [6, 6.07) is 1.96. The summed E-state index contributed by atoms with van der Waals surface area (Å²) in [5.41, 5.74) is 1.06. The SMILES string of the molecule is O=C(N[C@@H](c1nccs1)C1CC1)N1CCc2c(F)cc(F)cc2C1. The Morgan fingerprint density at radius 3 is 2.92 bits per heavy atom. The Hall–Kier alpha value is -2.02. The van der Waals surface area contributed by atoms with E-state index in [4.69, 9.17) is 0 Å². The maximum atomic E-state index is 13.8. The second-order valence-corrected chi connectivity index (χ2v) is 7.26. The topological polar surface area (TPSA) is 45.2 Å². The fourth-order valence-corrected chi connectivity index (χ4v) is 3.99. The zero-order chi connectivity index (χ0) is 16.7. The van der Waals surface area contributed by atoms with E-state index in [1.54, 1.807) is 11.1 Å². The highest BCUT2D eigenvalue weighted by atomic mass is 32.1. The second-order valence-electron chi connectivity index (χ2n) is 6.33. The van der Waals surface area contributed by atoms with E-state index in [-0.39, 0.29) is 18.6 Å². The molecule has 1 aromatic carbocycles. The van der Waals surface area contributed by atoms with E-state index in [2.05, 4.69) is 10.3 Å². The van der Waals surface area contributed by atoms with Crippen molar-refractivity contribution in [2.45, 2.75) is 31.8 Å². The minimum Gasteiger partial charge on any atom is -0.328 e. The number of nitrogens with zero attached hydrogens (tertiary/aromatic N) is 2. The third-order valence-electron chi connectivity index (χ3n) is 4.62. The number of aromatic nitrogens is 1. The molecule has 24 heavy (non-hydrogen) atoms. The first kappa shape index (κ1) is 15.5. The van der Waals surface area contributed by atoms with Crippen molar-refractivity contribution in [3.63, 3.8) is 0 Å². The van der Waals surface area contributed by atoms with Crippen molar-refractivity contribution < 1.29 is 13.6 Å². The molecule has 2 aromatic rings. The van der Waals surface area contributed by atoms with E-state index in [1.807, 2.05) is 5.38 Å². The minimum absolute atomic E-state index is 0.0665. The van der Waals surface area contributed by atoms with Gasteiger partial charge in [0.2, 0.25) is 0 Å². The van der Waals surface area contributed by atoms with Crippen molar-refractivity contribution in [1.82, 2.24) is 15.2 Å². The summed E-state index contributed by atoms with van der Waals surface area (Å²) < 4.78 is 27.2. The number of urea groups is 1. The third-order valence-corrected chi connectivity index (χ3v) is 5.48. The average Bonchev–Trinajstić information content (AvgIpc) is 3.25. The molecule has 1 atom stereocenters. The van der Waals surface area contributed by atoms with Crippen molar-refractivity contribution in [3.05, 3.63) is 51.5 Å². The highest BCUT2D eigenvalue weighted by Crippen LogP contribution is 2.41. The van der Waals surface area contributed by atoms with E-state index < -0.39 is 11.6 Å². The first-order chi connectivity index (χ1) is 11.6. The van der Waals surface area contributed by atoms with E-state index in [0.717, 1.165) is 23.9 Å². The Labute approximate surface area is 142 Å². The maximum absolute atomic E-state index is 13.8. The summed E-state index contributed by atoms with van der Waals surface area (Å²) in [6.07, 6.45) is 4.32. The van der Waals surface area contributed by atoms with Gasteiger partial charge >= 0.3 is 6.03 Å². The van der Waals surface area contributed by atoms with Crippen LogP contribution in [0.15, 0.2) is 23.7 Å². The Morgan fingerprint density at radius 1 is 1.38 bits per heavy atom. The van der Waals surface area contributed by atoms with Crippen LogP contribution < -0.4 is 5.32 Å². The van der Waals surface area contributed by atoms with Crippen LogP contribution in [0.25, 0.3) is 0 Å². The molecule has 2 aliphatic rings. The summed E-state index contributed by atoms with van der Waals surface area (Å²) in [4.78, 5) is 18.6. The Balaban J connectivity index is 1.49. The molecule has 1 fully saturated rings. The lowest BCUT2D eigenvalue weighted by atomic mass is 9.99. The van der Waals surface area contributed by atoms with Crippen molar-refractivity contribution >= 4 is 17.4 Å². The summed E-state index contributed by atoms with van der Waals surface area (Å²) >= 11 is 1.54. The van der Waals surface area contributed by atoms with Gasteiger partial charge in [0.1, 0.15) is 16.6 Å². The molecule has 1 aliphatic heterocycles. The molecule has 2 amide bonds. The molecule has 1 N–H and O–H groups in total. The van der Waals surface area contributed by atoms with Gasteiger partial charge in [0.15, 0.2) is 0 Å². The highest BCUT2D eigenvalue weighted by Gasteiger charge is 2.36. The van der Waals surface area contributed by atoms with Crippen LogP contribution in [0.1, 0.15) is 35.0 Å². The number of amides is 2. The molecular formula is C17H17F2N3OS. The zero-order valence-electron chi connectivity index (χ0n) is 13.0. The molecule has 0 spiro atoms. The van der Waals surface area contributed by atoms with Crippen LogP contribution in [-0.2, 0) is 13.0 Å². The van der Waals surface area contributed by atoms with Gasteiger partial charge in [-0.15, -0.1) is 11.3 Å². The van der Waals surface area contributed by atoms with Crippen LogP contribution in [0.4, 0.5) is 13.6 Å². The smallest absolute Gasteiger partial charge is 0.318 e. The first-order valence-electron chi connectivity index (χ1n) is 8.03. The van der Waals surface area contributed by atoms with Gasteiger partial charge in [0, 0.05) is 30.7 Å². The number of carbonyl (C=O) groups is 1. The lowest BCUT2D eigenvalue weighted by Gasteiger charge is -2.30. The van der Waals surface area contributed by atoms with Gasteiger partial charge in [0.25, 0.3) is 0 Å².